The normalized spacial score (nSPS) is 11.1. The maximum Gasteiger partial charge on any atom is 0.417 e. The Hall–Kier alpha value is -2.55. The Morgan fingerprint density at radius 1 is 1.19 bits per heavy atom. The third-order valence-electron chi connectivity index (χ3n) is 3.50. The number of benzene rings is 2. The molecule has 0 fully saturated rings. The van der Waals surface area contributed by atoms with E-state index in [9.17, 15) is 22.8 Å². The maximum absolute atomic E-state index is 12.8. The lowest BCUT2D eigenvalue weighted by Gasteiger charge is -2.24. The van der Waals surface area contributed by atoms with Gasteiger partial charge in [-0.15, -0.1) is 0 Å². The molecule has 9 heteroatoms. The van der Waals surface area contributed by atoms with Gasteiger partial charge in [0.2, 0.25) is 0 Å². The molecule has 0 radical (unpaired) electrons. The third kappa shape index (κ3) is 5.72. The van der Waals surface area contributed by atoms with Crippen molar-refractivity contribution in [1.29, 1.82) is 0 Å². The summed E-state index contributed by atoms with van der Waals surface area (Å²) < 4.78 is 43.7. The Kier molecular flexibility index (Phi) is 6.48. The number of nitrogens with zero attached hydrogens (tertiary/aromatic N) is 1. The van der Waals surface area contributed by atoms with Gasteiger partial charge in [-0.25, -0.2) is 4.79 Å². The molecule has 27 heavy (non-hydrogen) atoms. The molecule has 0 saturated carbocycles. The lowest BCUT2D eigenvalue weighted by atomic mass is 10.2. The van der Waals surface area contributed by atoms with Crippen LogP contribution in [0.15, 0.2) is 46.9 Å². The standard InChI is InChI=1S/C18H15BrF3NO4/c1-11(24)9-23(13-4-2-3-12(7-13)17(25)26)10-27-14-5-6-15(16(19)8-14)18(20,21)22/h2-8H,9-10H2,1H3,(H,25,26). The molecule has 2 aromatic rings. The summed E-state index contributed by atoms with van der Waals surface area (Å²) in [5.74, 6) is -1.14. The average molecular weight is 446 g/mol. The molecule has 0 amide bonds. The second kappa shape index (κ2) is 8.43. The second-order valence-corrected chi connectivity index (χ2v) is 6.52. The zero-order valence-electron chi connectivity index (χ0n) is 14.1. The van der Waals surface area contributed by atoms with Gasteiger partial charge in [-0.2, -0.15) is 13.2 Å². The summed E-state index contributed by atoms with van der Waals surface area (Å²) >= 11 is 2.87. The molecule has 0 atom stereocenters. The first-order chi connectivity index (χ1) is 12.6. The summed E-state index contributed by atoms with van der Waals surface area (Å²) in [4.78, 5) is 24.1. The van der Waals surface area contributed by atoms with E-state index in [-0.39, 0.29) is 34.8 Å². The zero-order chi connectivity index (χ0) is 20.2. The largest absolute Gasteiger partial charge is 0.478 e. The fourth-order valence-electron chi connectivity index (χ4n) is 2.28. The van der Waals surface area contributed by atoms with Crippen LogP contribution in [-0.4, -0.2) is 30.1 Å². The summed E-state index contributed by atoms with van der Waals surface area (Å²) in [7, 11) is 0. The number of carbonyl (C=O) groups excluding carboxylic acids is 1. The SMILES string of the molecule is CC(=O)CN(COc1ccc(C(F)(F)F)c(Br)c1)c1cccc(C(=O)O)c1. The molecule has 144 valence electrons. The van der Waals surface area contributed by atoms with Gasteiger partial charge < -0.3 is 14.7 Å². The molecule has 0 spiro atoms. The van der Waals surface area contributed by atoms with Gasteiger partial charge in [0.25, 0.3) is 0 Å². The molecule has 0 aromatic heterocycles. The molecule has 2 rings (SSSR count). The third-order valence-corrected chi connectivity index (χ3v) is 4.16. The number of aromatic carboxylic acids is 1. The number of rotatable bonds is 7. The van der Waals surface area contributed by atoms with Gasteiger partial charge in [0, 0.05) is 10.2 Å². The quantitative estimate of drug-likeness (QED) is 0.630. The lowest BCUT2D eigenvalue weighted by Crippen LogP contribution is -2.32. The van der Waals surface area contributed by atoms with Crippen molar-refractivity contribution >= 4 is 33.4 Å². The number of carboxylic acids is 1. The first-order valence-electron chi connectivity index (χ1n) is 7.65. The van der Waals surface area contributed by atoms with Crippen molar-refractivity contribution in [2.75, 3.05) is 18.2 Å². The van der Waals surface area contributed by atoms with Crippen LogP contribution in [0.25, 0.3) is 0 Å². The first kappa shape index (κ1) is 20.8. The number of halogens is 4. The number of alkyl halides is 3. The minimum Gasteiger partial charge on any atom is -0.478 e. The summed E-state index contributed by atoms with van der Waals surface area (Å²) in [5, 5.41) is 9.09. The Morgan fingerprint density at radius 3 is 2.44 bits per heavy atom. The fourth-order valence-corrected chi connectivity index (χ4v) is 2.87. The molecule has 2 aromatic carbocycles. The van der Waals surface area contributed by atoms with Crippen LogP contribution < -0.4 is 9.64 Å². The van der Waals surface area contributed by atoms with Crippen LogP contribution in [0.3, 0.4) is 0 Å². The molecule has 0 unspecified atom stereocenters. The monoisotopic (exact) mass is 445 g/mol. The smallest absolute Gasteiger partial charge is 0.417 e. The molecular weight excluding hydrogens is 431 g/mol. The molecule has 0 bridgehead atoms. The number of ether oxygens (including phenoxy) is 1. The predicted molar refractivity (Wildman–Crippen MR) is 96.1 cm³/mol. The fraction of sp³-hybridized carbons (Fsp3) is 0.222. The molecule has 0 aliphatic heterocycles. The van der Waals surface area contributed by atoms with Crippen LogP contribution in [-0.2, 0) is 11.0 Å². The van der Waals surface area contributed by atoms with Crippen LogP contribution in [0.1, 0.15) is 22.8 Å². The van der Waals surface area contributed by atoms with Gasteiger partial charge in [0.1, 0.15) is 11.5 Å². The molecule has 0 aliphatic rings. The molecule has 1 N–H and O–H groups in total. The highest BCUT2D eigenvalue weighted by Crippen LogP contribution is 2.36. The van der Waals surface area contributed by atoms with E-state index in [2.05, 4.69) is 15.9 Å². The van der Waals surface area contributed by atoms with Crippen molar-refractivity contribution in [3.8, 4) is 5.75 Å². The van der Waals surface area contributed by atoms with Gasteiger partial charge in [-0.05, 0) is 43.3 Å². The number of anilines is 1. The van der Waals surface area contributed by atoms with Gasteiger partial charge >= 0.3 is 12.1 Å². The predicted octanol–water partition coefficient (Wildman–Crippen LogP) is 4.60. The van der Waals surface area contributed by atoms with E-state index in [1.807, 2.05) is 0 Å². The van der Waals surface area contributed by atoms with Crippen LogP contribution in [0, 0.1) is 0 Å². The minimum absolute atomic E-state index is 0.0401. The summed E-state index contributed by atoms with van der Waals surface area (Å²) in [6.07, 6.45) is -4.49. The highest BCUT2D eigenvalue weighted by Gasteiger charge is 2.32. The Labute approximate surface area is 161 Å². The van der Waals surface area contributed by atoms with Crippen LogP contribution in [0.5, 0.6) is 5.75 Å². The Bertz CT molecular complexity index is 855. The van der Waals surface area contributed by atoms with Crippen molar-refractivity contribution in [3.05, 3.63) is 58.1 Å². The zero-order valence-corrected chi connectivity index (χ0v) is 15.7. The van der Waals surface area contributed by atoms with E-state index in [4.69, 9.17) is 9.84 Å². The Morgan fingerprint density at radius 2 is 1.89 bits per heavy atom. The number of hydrogen-bond donors (Lipinski definition) is 1. The van der Waals surface area contributed by atoms with E-state index < -0.39 is 17.7 Å². The van der Waals surface area contributed by atoms with Gasteiger partial charge in [-0.3, -0.25) is 4.79 Å². The summed E-state index contributed by atoms with van der Waals surface area (Å²) in [6.45, 7) is 1.16. The molecule has 5 nitrogen and oxygen atoms in total. The lowest BCUT2D eigenvalue weighted by molar-refractivity contribution is -0.138. The van der Waals surface area contributed by atoms with Gasteiger partial charge in [-0.1, -0.05) is 22.0 Å². The molecule has 0 aliphatic carbocycles. The van der Waals surface area contributed by atoms with Crippen molar-refractivity contribution in [2.24, 2.45) is 0 Å². The highest BCUT2D eigenvalue weighted by atomic mass is 79.9. The minimum atomic E-state index is -4.49. The van der Waals surface area contributed by atoms with E-state index in [0.717, 1.165) is 6.07 Å². The van der Waals surface area contributed by atoms with Gasteiger partial charge in [0.15, 0.2) is 6.73 Å². The number of carbonyl (C=O) groups is 2. The Balaban J connectivity index is 2.20. The average Bonchev–Trinajstić information content (AvgIpc) is 2.57. The van der Waals surface area contributed by atoms with Crippen LogP contribution in [0.4, 0.5) is 18.9 Å². The maximum atomic E-state index is 12.8. The van der Waals surface area contributed by atoms with Crippen molar-refractivity contribution in [3.63, 3.8) is 0 Å². The van der Waals surface area contributed by atoms with Gasteiger partial charge in [0.05, 0.1) is 17.7 Å². The van der Waals surface area contributed by atoms with Crippen molar-refractivity contribution in [1.82, 2.24) is 0 Å². The molecule has 0 saturated heterocycles. The number of hydrogen-bond acceptors (Lipinski definition) is 4. The van der Waals surface area contributed by atoms with Crippen LogP contribution in [0.2, 0.25) is 0 Å². The topological polar surface area (TPSA) is 66.8 Å². The van der Waals surface area contributed by atoms with E-state index in [1.54, 1.807) is 6.07 Å². The summed E-state index contributed by atoms with van der Waals surface area (Å²) in [6, 6.07) is 9.18. The van der Waals surface area contributed by atoms with E-state index in [1.165, 1.54) is 42.2 Å². The van der Waals surface area contributed by atoms with Crippen LogP contribution >= 0.6 is 15.9 Å². The van der Waals surface area contributed by atoms with E-state index in [0.29, 0.717) is 5.69 Å². The second-order valence-electron chi connectivity index (χ2n) is 5.67. The summed E-state index contributed by atoms with van der Waals surface area (Å²) in [5.41, 5.74) is -0.348. The number of carboxylic acid groups (broad SMARTS) is 1. The van der Waals surface area contributed by atoms with E-state index >= 15 is 0 Å². The number of ketones is 1. The first-order valence-corrected chi connectivity index (χ1v) is 8.44. The van der Waals surface area contributed by atoms with Crippen molar-refractivity contribution in [2.45, 2.75) is 13.1 Å². The van der Waals surface area contributed by atoms with Crippen molar-refractivity contribution < 1.29 is 32.6 Å². The molecular formula is C18H15BrF3NO4. The molecule has 0 heterocycles. The number of Topliss-reactive ketones (excluding diaryl/α,β-unsaturated/α-hetero) is 1. The highest BCUT2D eigenvalue weighted by molar-refractivity contribution is 9.10.